The first-order valence-electron chi connectivity index (χ1n) is 5.03. The quantitative estimate of drug-likeness (QED) is 0.459. The zero-order chi connectivity index (χ0) is 13.7. The number of rotatable bonds is 5. The predicted octanol–water partition coefficient (Wildman–Crippen LogP) is 2.03. The summed E-state index contributed by atoms with van der Waals surface area (Å²) >= 11 is 0. The number of alkyl halides is 2. The van der Waals surface area contributed by atoms with Crippen molar-refractivity contribution in [3.63, 3.8) is 0 Å². The molecule has 0 amide bonds. The fraction of sp³-hybridized carbons (Fsp3) is 0.400. The highest BCUT2D eigenvalue weighted by Crippen LogP contribution is 2.22. The molecule has 0 aliphatic heterocycles. The number of carbonyl (C=O) groups is 1. The van der Waals surface area contributed by atoms with E-state index in [1.54, 1.807) is 6.92 Å². The summed E-state index contributed by atoms with van der Waals surface area (Å²) in [7, 11) is 0. The van der Waals surface area contributed by atoms with Gasteiger partial charge in [0.05, 0.1) is 23.6 Å². The van der Waals surface area contributed by atoms with Gasteiger partial charge in [0.25, 0.3) is 12.1 Å². The second kappa shape index (κ2) is 5.99. The number of hydrogen-bond acceptors (Lipinski definition) is 5. The van der Waals surface area contributed by atoms with Crippen molar-refractivity contribution >= 4 is 11.7 Å². The zero-order valence-corrected chi connectivity index (χ0v) is 9.43. The molecule has 0 aliphatic rings. The molecular formula is C10H10F2N2O4. The first-order valence-corrected chi connectivity index (χ1v) is 5.03. The summed E-state index contributed by atoms with van der Waals surface area (Å²) in [6, 6.07) is 1.65. The maximum Gasteiger partial charge on any atom is 0.311 e. The van der Waals surface area contributed by atoms with Gasteiger partial charge < -0.3 is 4.74 Å². The standard InChI is InChI=1S/C10H10F2N2O4/c1-2-18-9(15)4-6-3-7(14(16)17)5-8(13-6)10(11)12/h3,5,10H,2,4H2,1H3. The number of hydrogen-bond donors (Lipinski definition) is 0. The van der Waals surface area contributed by atoms with Crippen LogP contribution < -0.4 is 0 Å². The molecule has 0 spiro atoms. The van der Waals surface area contributed by atoms with Crippen molar-refractivity contribution in [3.05, 3.63) is 33.6 Å². The van der Waals surface area contributed by atoms with Crippen molar-refractivity contribution in [3.8, 4) is 0 Å². The lowest BCUT2D eigenvalue weighted by atomic mass is 10.2. The Bertz CT molecular complexity index is 465. The van der Waals surface area contributed by atoms with E-state index in [2.05, 4.69) is 9.72 Å². The number of aromatic nitrogens is 1. The van der Waals surface area contributed by atoms with Crippen LogP contribution in [-0.4, -0.2) is 22.5 Å². The molecule has 0 N–H and O–H groups in total. The second-order valence-electron chi connectivity index (χ2n) is 3.28. The van der Waals surface area contributed by atoms with Crippen molar-refractivity contribution in [1.82, 2.24) is 4.98 Å². The number of ether oxygens (including phenoxy) is 1. The average Bonchev–Trinajstić information content (AvgIpc) is 2.28. The molecule has 1 heterocycles. The van der Waals surface area contributed by atoms with E-state index in [1.165, 1.54) is 0 Å². The molecule has 1 aromatic heterocycles. The van der Waals surface area contributed by atoms with Gasteiger partial charge in [-0.05, 0) is 6.92 Å². The van der Waals surface area contributed by atoms with Crippen molar-refractivity contribution in [2.45, 2.75) is 19.8 Å². The molecule has 18 heavy (non-hydrogen) atoms. The molecule has 0 bridgehead atoms. The third-order valence-electron chi connectivity index (χ3n) is 1.95. The summed E-state index contributed by atoms with van der Waals surface area (Å²) in [6.07, 6.45) is -3.32. The fourth-order valence-electron chi connectivity index (χ4n) is 1.26. The van der Waals surface area contributed by atoms with Gasteiger partial charge in [-0.1, -0.05) is 0 Å². The Hall–Kier alpha value is -2.12. The van der Waals surface area contributed by atoms with Crippen LogP contribution in [0.3, 0.4) is 0 Å². The second-order valence-corrected chi connectivity index (χ2v) is 3.28. The molecule has 0 saturated heterocycles. The Morgan fingerprint density at radius 1 is 1.56 bits per heavy atom. The van der Waals surface area contributed by atoms with Crippen LogP contribution >= 0.6 is 0 Å². The van der Waals surface area contributed by atoms with Crippen LogP contribution in [0.15, 0.2) is 12.1 Å². The van der Waals surface area contributed by atoms with E-state index in [0.29, 0.717) is 6.07 Å². The Morgan fingerprint density at radius 3 is 2.72 bits per heavy atom. The van der Waals surface area contributed by atoms with Crippen LogP contribution in [0.5, 0.6) is 0 Å². The molecule has 0 saturated carbocycles. The first-order chi connectivity index (χ1) is 8.43. The molecule has 0 atom stereocenters. The number of nitrogens with zero attached hydrogens (tertiary/aromatic N) is 2. The fourth-order valence-corrected chi connectivity index (χ4v) is 1.26. The van der Waals surface area contributed by atoms with E-state index in [-0.39, 0.29) is 18.7 Å². The lowest BCUT2D eigenvalue weighted by Gasteiger charge is -2.04. The van der Waals surface area contributed by atoms with Gasteiger partial charge >= 0.3 is 5.97 Å². The van der Waals surface area contributed by atoms with Crippen LogP contribution in [0.1, 0.15) is 24.7 Å². The number of carbonyl (C=O) groups excluding carboxylic acids is 1. The Kier molecular flexibility index (Phi) is 4.64. The SMILES string of the molecule is CCOC(=O)Cc1cc([N+](=O)[O-])cc(C(F)F)n1. The van der Waals surface area contributed by atoms with Crippen LogP contribution in [0.2, 0.25) is 0 Å². The van der Waals surface area contributed by atoms with Crippen molar-refractivity contribution in [2.24, 2.45) is 0 Å². The van der Waals surface area contributed by atoms with Crippen LogP contribution in [0, 0.1) is 10.1 Å². The molecule has 0 aliphatic carbocycles. The topological polar surface area (TPSA) is 82.3 Å². The summed E-state index contributed by atoms with van der Waals surface area (Å²) in [5, 5.41) is 10.6. The molecule has 8 heteroatoms. The predicted molar refractivity (Wildman–Crippen MR) is 56.2 cm³/mol. The van der Waals surface area contributed by atoms with E-state index in [0.717, 1.165) is 6.07 Å². The van der Waals surface area contributed by atoms with Gasteiger partial charge in [-0.15, -0.1) is 0 Å². The Labute approximate surface area is 101 Å². The normalized spacial score (nSPS) is 10.4. The molecule has 0 unspecified atom stereocenters. The lowest BCUT2D eigenvalue weighted by Crippen LogP contribution is -2.10. The van der Waals surface area contributed by atoms with Crippen LogP contribution in [0.25, 0.3) is 0 Å². The van der Waals surface area contributed by atoms with Gasteiger partial charge in [0.15, 0.2) is 0 Å². The van der Waals surface area contributed by atoms with Gasteiger partial charge in [-0.2, -0.15) is 0 Å². The minimum Gasteiger partial charge on any atom is -0.466 e. The third kappa shape index (κ3) is 3.72. The van der Waals surface area contributed by atoms with Crippen LogP contribution in [0.4, 0.5) is 14.5 Å². The zero-order valence-electron chi connectivity index (χ0n) is 9.43. The molecule has 6 nitrogen and oxygen atoms in total. The highest BCUT2D eigenvalue weighted by molar-refractivity contribution is 5.72. The average molecular weight is 260 g/mol. The van der Waals surface area contributed by atoms with E-state index >= 15 is 0 Å². The maximum atomic E-state index is 12.5. The highest BCUT2D eigenvalue weighted by atomic mass is 19.3. The third-order valence-corrected chi connectivity index (χ3v) is 1.95. The largest absolute Gasteiger partial charge is 0.466 e. The number of pyridine rings is 1. The Balaban J connectivity index is 3.03. The summed E-state index contributed by atoms with van der Waals surface area (Å²) in [4.78, 5) is 24.4. The van der Waals surface area contributed by atoms with Crippen molar-refractivity contribution in [2.75, 3.05) is 6.61 Å². The minimum absolute atomic E-state index is 0.113. The first kappa shape index (κ1) is 13.9. The summed E-state index contributed by atoms with van der Waals surface area (Å²) in [6.45, 7) is 1.72. The van der Waals surface area contributed by atoms with E-state index in [9.17, 15) is 23.7 Å². The number of halogens is 2. The van der Waals surface area contributed by atoms with Crippen molar-refractivity contribution in [1.29, 1.82) is 0 Å². The lowest BCUT2D eigenvalue weighted by molar-refractivity contribution is -0.385. The molecular weight excluding hydrogens is 250 g/mol. The van der Waals surface area contributed by atoms with Crippen LogP contribution in [-0.2, 0) is 16.0 Å². The van der Waals surface area contributed by atoms with E-state index in [1.807, 2.05) is 0 Å². The minimum atomic E-state index is -2.94. The van der Waals surface area contributed by atoms with Gasteiger partial charge in [0, 0.05) is 12.1 Å². The van der Waals surface area contributed by atoms with Gasteiger partial charge in [-0.3, -0.25) is 19.9 Å². The number of esters is 1. The summed E-state index contributed by atoms with van der Waals surface area (Å²) < 4.78 is 29.6. The molecule has 1 rings (SSSR count). The molecule has 0 fully saturated rings. The van der Waals surface area contributed by atoms with E-state index < -0.39 is 28.7 Å². The van der Waals surface area contributed by atoms with Gasteiger partial charge in [0.2, 0.25) is 0 Å². The van der Waals surface area contributed by atoms with Gasteiger partial charge in [-0.25, -0.2) is 8.78 Å². The molecule has 98 valence electrons. The van der Waals surface area contributed by atoms with E-state index in [4.69, 9.17) is 0 Å². The molecule has 1 aromatic rings. The smallest absolute Gasteiger partial charge is 0.311 e. The molecule has 0 radical (unpaired) electrons. The summed E-state index contributed by atoms with van der Waals surface area (Å²) in [5.74, 6) is -0.675. The Morgan fingerprint density at radius 2 is 2.22 bits per heavy atom. The highest BCUT2D eigenvalue weighted by Gasteiger charge is 2.18. The number of nitro groups is 1. The monoisotopic (exact) mass is 260 g/mol. The maximum absolute atomic E-state index is 12.5. The molecule has 0 aromatic carbocycles. The summed E-state index contributed by atoms with van der Waals surface area (Å²) in [5.41, 5.74) is -1.37. The van der Waals surface area contributed by atoms with Gasteiger partial charge in [0.1, 0.15) is 5.69 Å². The van der Waals surface area contributed by atoms with Crippen molar-refractivity contribution < 1.29 is 23.2 Å².